The minimum atomic E-state index is 0.699. The zero-order valence-corrected chi connectivity index (χ0v) is 12.8. The summed E-state index contributed by atoms with van der Waals surface area (Å²) in [6.45, 7) is 2.69. The molecule has 2 aromatic rings. The molecule has 1 aromatic carbocycles. The van der Waals surface area contributed by atoms with E-state index in [9.17, 15) is 0 Å². The molecule has 1 aromatic heterocycles. The van der Waals surface area contributed by atoms with Gasteiger partial charge in [-0.25, -0.2) is 4.68 Å². The quantitative estimate of drug-likeness (QED) is 0.909. The Balaban J connectivity index is 2.09. The topological polar surface area (TPSA) is 42.3 Å². The Labute approximate surface area is 120 Å². The van der Waals surface area contributed by atoms with Gasteiger partial charge < -0.3 is 15.0 Å². The summed E-state index contributed by atoms with van der Waals surface area (Å²) in [5.41, 5.74) is 4.35. The number of methoxy groups -OCH3 is 1. The van der Waals surface area contributed by atoms with Gasteiger partial charge in [0.25, 0.3) is 0 Å². The molecule has 0 unspecified atom stereocenters. The third kappa shape index (κ3) is 2.87. The van der Waals surface area contributed by atoms with Gasteiger partial charge >= 0.3 is 0 Å². The molecule has 2 rings (SSSR count). The van der Waals surface area contributed by atoms with Crippen LogP contribution in [0.25, 0.3) is 0 Å². The van der Waals surface area contributed by atoms with Crippen LogP contribution in [0.1, 0.15) is 11.3 Å². The Kier molecular flexibility index (Phi) is 4.17. The minimum absolute atomic E-state index is 0.699. The van der Waals surface area contributed by atoms with Crippen molar-refractivity contribution in [3.63, 3.8) is 0 Å². The molecule has 20 heavy (non-hydrogen) atoms. The molecule has 0 fully saturated rings. The number of ether oxygens (including phenoxy) is 1. The van der Waals surface area contributed by atoms with Crippen LogP contribution in [-0.4, -0.2) is 31.0 Å². The van der Waals surface area contributed by atoms with Gasteiger partial charge in [0, 0.05) is 39.1 Å². The standard InChI is InChI=1S/C15H22N4O/c1-11-14(15(20-5)19(4)17-11)10-16-12-6-8-13(9-7-12)18(2)3/h6-9,16H,10H2,1-5H3. The fourth-order valence-electron chi connectivity index (χ4n) is 2.21. The van der Waals surface area contributed by atoms with Crippen LogP contribution >= 0.6 is 0 Å². The van der Waals surface area contributed by atoms with Crippen molar-refractivity contribution in [2.75, 3.05) is 31.4 Å². The van der Waals surface area contributed by atoms with E-state index in [2.05, 4.69) is 39.6 Å². The monoisotopic (exact) mass is 274 g/mol. The first-order chi connectivity index (χ1) is 9.52. The molecule has 108 valence electrons. The average Bonchev–Trinajstić information content (AvgIpc) is 2.70. The first-order valence-electron chi connectivity index (χ1n) is 6.60. The molecular formula is C15H22N4O. The predicted octanol–water partition coefficient (Wildman–Crippen LogP) is 2.42. The molecule has 0 aliphatic carbocycles. The number of rotatable bonds is 5. The van der Waals surface area contributed by atoms with Gasteiger partial charge in [0.05, 0.1) is 18.4 Å². The summed E-state index contributed by atoms with van der Waals surface area (Å²) in [6, 6.07) is 8.34. The minimum Gasteiger partial charge on any atom is -0.481 e. The van der Waals surface area contributed by atoms with Crippen molar-refractivity contribution in [2.45, 2.75) is 13.5 Å². The molecule has 0 aliphatic heterocycles. The Morgan fingerprint density at radius 1 is 1.25 bits per heavy atom. The van der Waals surface area contributed by atoms with E-state index in [1.54, 1.807) is 11.8 Å². The van der Waals surface area contributed by atoms with E-state index in [-0.39, 0.29) is 0 Å². The van der Waals surface area contributed by atoms with Gasteiger partial charge in [0.1, 0.15) is 0 Å². The molecule has 0 spiro atoms. The molecule has 5 heteroatoms. The maximum atomic E-state index is 5.39. The van der Waals surface area contributed by atoms with Crippen LogP contribution in [0, 0.1) is 6.92 Å². The highest BCUT2D eigenvalue weighted by Gasteiger charge is 2.13. The Hall–Kier alpha value is -2.17. The third-order valence-electron chi connectivity index (χ3n) is 3.34. The van der Waals surface area contributed by atoms with Crippen molar-refractivity contribution in [2.24, 2.45) is 7.05 Å². The summed E-state index contributed by atoms with van der Waals surface area (Å²) in [7, 11) is 7.63. The lowest BCUT2D eigenvalue weighted by Gasteiger charge is -2.13. The molecule has 5 nitrogen and oxygen atoms in total. The van der Waals surface area contributed by atoms with Gasteiger partial charge in [-0.1, -0.05) is 0 Å². The van der Waals surface area contributed by atoms with Crippen molar-refractivity contribution in [3.8, 4) is 5.88 Å². The number of nitrogens with zero attached hydrogens (tertiary/aromatic N) is 3. The van der Waals surface area contributed by atoms with Gasteiger partial charge in [-0.05, 0) is 31.2 Å². The van der Waals surface area contributed by atoms with Crippen LogP contribution in [0.4, 0.5) is 11.4 Å². The Bertz CT molecular complexity index is 572. The fourth-order valence-corrected chi connectivity index (χ4v) is 2.21. The van der Waals surface area contributed by atoms with E-state index in [0.717, 1.165) is 22.8 Å². The van der Waals surface area contributed by atoms with Crippen LogP contribution in [0.5, 0.6) is 5.88 Å². The molecule has 0 bridgehead atoms. The summed E-state index contributed by atoms with van der Waals surface area (Å²) in [4.78, 5) is 2.08. The van der Waals surface area contributed by atoms with Crippen molar-refractivity contribution in [1.29, 1.82) is 0 Å². The summed E-state index contributed by atoms with van der Waals surface area (Å²) in [5.74, 6) is 0.805. The lowest BCUT2D eigenvalue weighted by Crippen LogP contribution is -2.08. The predicted molar refractivity (Wildman–Crippen MR) is 82.6 cm³/mol. The number of benzene rings is 1. The highest BCUT2D eigenvalue weighted by atomic mass is 16.5. The van der Waals surface area contributed by atoms with E-state index in [4.69, 9.17) is 4.74 Å². The number of anilines is 2. The number of hydrogen-bond acceptors (Lipinski definition) is 4. The Morgan fingerprint density at radius 2 is 1.90 bits per heavy atom. The van der Waals surface area contributed by atoms with Gasteiger partial charge in [0.2, 0.25) is 5.88 Å². The number of aryl methyl sites for hydroxylation is 2. The maximum absolute atomic E-state index is 5.39. The molecular weight excluding hydrogens is 252 g/mol. The fraction of sp³-hybridized carbons (Fsp3) is 0.400. The maximum Gasteiger partial charge on any atom is 0.216 e. The smallest absolute Gasteiger partial charge is 0.216 e. The number of nitrogens with one attached hydrogen (secondary N) is 1. The average molecular weight is 274 g/mol. The van der Waals surface area contributed by atoms with Crippen LogP contribution < -0.4 is 15.0 Å². The number of aromatic nitrogens is 2. The number of hydrogen-bond donors (Lipinski definition) is 1. The molecule has 0 saturated carbocycles. The highest BCUT2D eigenvalue weighted by Crippen LogP contribution is 2.23. The SMILES string of the molecule is COc1c(CNc2ccc(N(C)C)cc2)c(C)nn1C. The van der Waals surface area contributed by atoms with Crippen LogP contribution in [0.15, 0.2) is 24.3 Å². The van der Waals surface area contributed by atoms with Crippen LogP contribution in [0.2, 0.25) is 0 Å². The first kappa shape index (κ1) is 14.2. The van der Waals surface area contributed by atoms with Gasteiger partial charge in [-0.15, -0.1) is 0 Å². The third-order valence-corrected chi connectivity index (χ3v) is 3.34. The molecule has 1 N–H and O–H groups in total. The van der Waals surface area contributed by atoms with Gasteiger partial charge in [-0.2, -0.15) is 5.10 Å². The van der Waals surface area contributed by atoms with Crippen molar-refractivity contribution < 1.29 is 4.74 Å². The Morgan fingerprint density at radius 3 is 2.45 bits per heavy atom. The largest absolute Gasteiger partial charge is 0.481 e. The summed E-state index contributed by atoms with van der Waals surface area (Å²) in [6.07, 6.45) is 0. The summed E-state index contributed by atoms with van der Waals surface area (Å²) in [5, 5.41) is 7.78. The van der Waals surface area contributed by atoms with E-state index < -0.39 is 0 Å². The second-order valence-electron chi connectivity index (χ2n) is 4.99. The zero-order valence-electron chi connectivity index (χ0n) is 12.8. The van der Waals surface area contributed by atoms with Crippen LogP contribution in [-0.2, 0) is 13.6 Å². The van der Waals surface area contributed by atoms with E-state index >= 15 is 0 Å². The molecule has 0 amide bonds. The van der Waals surface area contributed by atoms with E-state index in [0.29, 0.717) is 6.54 Å². The molecule has 0 saturated heterocycles. The first-order valence-corrected chi connectivity index (χ1v) is 6.60. The summed E-state index contributed by atoms with van der Waals surface area (Å²) >= 11 is 0. The molecule has 1 heterocycles. The second-order valence-corrected chi connectivity index (χ2v) is 4.99. The van der Waals surface area contributed by atoms with Crippen molar-refractivity contribution in [3.05, 3.63) is 35.5 Å². The molecule has 0 atom stereocenters. The zero-order chi connectivity index (χ0) is 14.7. The van der Waals surface area contributed by atoms with E-state index in [1.807, 2.05) is 28.1 Å². The second kappa shape index (κ2) is 5.86. The lowest BCUT2D eigenvalue weighted by atomic mass is 10.2. The van der Waals surface area contributed by atoms with Crippen molar-refractivity contribution in [1.82, 2.24) is 9.78 Å². The van der Waals surface area contributed by atoms with E-state index in [1.165, 1.54) is 5.69 Å². The van der Waals surface area contributed by atoms with Gasteiger partial charge in [0.15, 0.2) is 0 Å². The molecule has 0 aliphatic rings. The normalized spacial score (nSPS) is 10.4. The highest BCUT2D eigenvalue weighted by molar-refractivity contribution is 5.54. The van der Waals surface area contributed by atoms with Gasteiger partial charge in [-0.3, -0.25) is 0 Å². The lowest BCUT2D eigenvalue weighted by molar-refractivity contribution is 0.370. The summed E-state index contributed by atoms with van der Waals surface area (Å²) < 4.78 is 7.16. The molecule has 0 radical (unpaired) electrons. The van der Waals surface area contributed by atoms with Crippen molar-refractivity contribution >= 4 is 11.4 Å². The van der Waals surface area contributed by atoms with Crippen LogP contribution in [0.3, 0.4) is 0 Å².